The van der Waals surface area contributed by atoms with Gasteiger partial charge in [0.15, 0.2) is 11.5 Å². The Labute approximate surface area is 214 Å². The van der Waals surface area contributed by atoms with E-state index in [0.717, 1.165) is 36.3 Å². The summed E-state index contributed by atoms with van der Waals surface area (Å²) >= 11 is 0. The quantitative estimate of drug-likeness (QED) is 0.287. The van der Waals surface area contributed by atoms with Crippen molar-refractivity contribution in [2.75, 3.05) is 33.4 Å². The first-order valence-electron chi connectivity index (χ1n) is 13.0. The van der Waals surface area contributed by atoms with Crippen LogP contribution in [0.15, 0.2) is 54.6 Å². The summed E-state index contributed by atoms with van der Waals surface area (Å²) in [6.45, 7) is 7.32. The van der Waals surface area contributed by atoms with Gasteiger partial charge in [0, 0.05) is 26.2 Å². The van der Waals surface area contributed by atoms with E-state index < -0.39 is 6.10 Å². The van der Waals surface area contributed by atoms with E-state index in [0.29, 0.717) is 49.6 Å². The van der Waals surface area contributed by atoms with Gasteiger partial charge in [-0.25, -0.2) is 4.68 Å². The number of aryl methyl sites for hydroxylation is 1. The number of hydrogen-bond donors (Lipinski definition) is 1. The highest BCUT2D eigenvalue weighted by Gasteiger charge is 2.28. The van der Waals surface area contributed by atoms with Crippen LogP contribution in [0.25, 0.3) is 5.69 Å². The maximum atomic E-state index is 10.7. The van der Waals surface area contributed by atoms with Crippen LogP contribution in [0.2, 0.25) is 0 Å². The van der Waals surface area contributed by atoms with E-state index in [1.807, 2.05) is 66.2 Å². The van der Waals surface area contributed by atoms with Crippen LogP contribution < -0.4 is 9.47 Å². The summed E-state index contributed by atoms with van der Waals surface area (Å²) < 4.78 is 19.6. The number of ether oxygens (including phenoxy) is 3. The lowest BCUT2D eigenvalue weighted by atomic mass is 10.2. The van der Waals surface area contributed by atoms with E-state index in [2.05, 4.69) is 11.8 Å². The maximum absolute atomic E-state index is 10.7. The third-order valence-corrected chi connectivity index (χ3v) is 6.43. The molecule has 194 valence electrons. The van der Waals surface area contributed by atoms with Gasteiger partial charge in [0.05, 0.1) is 36.8 Å². The molecule has 1 aromatic heterocycles. The SMILES string of the molecule is CCCCOC[C@H](O)CN(Cc1c(C)nn(-c2ccccc2)c1Oc1ccccc1OC)CC1CC1. The Morgan fingerprint density at radius 3 is 2.50 bits per heavy atom. The van der Waals surface area contributed by atoms with Gasteiger partial charge in [-0.3, -0.25) is 4.90 Å². The monoisotopic (exact) mass is 493 g/mol. The van der Waals surface area contributed by atoms with Gasteiger partial charge in [0.2, 0.25) is 5.88 Å². The highest BCUT2D eigenvalue weighted by Crippen LogP contribution is 2.37. The summed E-state index contributed by atoms with van der Waals surface area (Å²) in [6.07, 6.45) is 4.05. The highest BCUT2D eigenvalue weighted by atomic mass is 16.5. The molecule has 3 aromatic rings. The van der Waals surface area contributed by atoms with E-state index >= 15 is 0 Å². The minimum Gasteiger partial charge on any atom is -0.493 e. The molecule has 2 aromatic carbocycles. The average Bonchev–Trinajstić information content (AvgIpc) is 3.66. The highest BCUT2D eigenvalue weighted by molar-refractivity contribution is 5.47. The predicted octanol–water partition coefficient (Wildman–Crippen LogP) is 5.37. The Morgan fingerprint density at radius 1 is 1.08 bits per heavy atom. The fourth-order valence-corrected chi connectivity index (χ4v) is 4.29. The van der Waals surface area contributed by atoms with Crippen LogP contribution in [0.4, 0.5) is 0 Å². The van der Waals surface area contributed by atoms with Gasteiger partial charge in [-0.15, -0.1) is 0 Å². The molecule has 7 nitrogen and oxygen atoms in total. The lowest BCUT2D eigenvalue weighted by molar-refractivity contribution is 0.0134. The Hall–Kier alpha value is -2.87. The van der Waals surface area contributed by atoms with Gasteiger partial charge in [-0.1, -0.05) is 43.7 Å². The van der Waals surface area contributed by atoms with Gasteiger partial charge in [0.25, 0.3) is 0 Å². The molecule has 1 heterocycles. The second kappa shape index (κ2) is 12.9. The zero-order valence-corrected chi connectivity index (χ0v) is 21.7. The van der Waals surface area contributed by atoms with Gasteiger partial charge >= 0.3 is 0 Å². The van der Waals surface area contributed by atoms with Gasteiger partial charge in [-0.2, -0.15) is 5.10 Å². The zero-order valence-electron chi connectivity index (χ0n) is 21.7. The molecule has 0 radical (unpaired) electrons. The molecular weight excluding hydrogens is 454 g/mol. The van der Waals surface area contributed by atoms with Crippen LogP contribution in [-0.4, -0.2) is 59.3 Å². The van der Waals surface area contributed by atoms with Crippen LogP contribution in [0.5, 0.6) is 17.4 Å². The number of aliphatic hydroxyl groups excluding tert-OH is 1. The first-order chi connectivity index (χ1) is 17.6. The molecule has 0 saturated heterocycles. The number of aliphatic hydroxyl groups is 1. The molecule has 1 N–H and O–H groups in total. The summed E-state index contributed by atoms with van der Waals surface area (Å²) in [5.41, 5.74) is 2.83. The van der Waals surface area contributed by atoms with Crippen LogP contribution in [0.3, 0.4) is 0 Å². The van der Waals surface area contributed by atoms with E-state index in [4.69, 9.17) is 19.3 Å². The molecule has 0 unspecified atom stereocenters. The smallest absolute Gasteiger partial charge is 0.227 e. The molecule has 0 spiro atoms. The second-order valence-corrected chi connectivity index (χ2v) is 9.59. The molecule has 0 aliphatic heterocycles. The summed E-state index contributed by atoms with van der Waals surface area (Å²) in [5.74, 6) is 2.65. The van der Waals surface area contributed by atoms with Gasteiger partial charge in [0.1, 0.15) is 0 Å². The van der Waals surface area contributed by atoms with Crippen LogP contribution in [0, 0.1) is 12.8 Å². The molecule has 1 fully saturated rings. The Morgan fingerprint density at radius 2 is 1.81 bits per heavy atom. The third-order valence-electron chi connectivity index (χ3n) is 6.43. The number of benzene rings is 2. The largest absolute Gasteiger partial charge is 0.493 e. The summed E-state index contributed by atoms with van der Waals surface area (Å²) in [7, 11) is 1.64. The summed E-state index contributed by atoms with van der Waals surface area (Å²) in [5, 5.41) is 15.6. The van der Waals surface area contributed by atoms with Crippen molar-refractivity contribution in [1.29, 1.82) is 0 Å². The standard InChI is InChI=1S/C29H39N3O4/c1-4-5-17-35-21-25(33)19-31(18-23-15-16-23)20-26-22(2)30-32(24-11-7-6-8-12-24)29(26)36-28-14-10-9-13-27(28)34-3/h6-14,23,25,33H,4-5,15-21H2,1-3H3/t25-/m1/s1. The summed E-state index contributed by atoms with van der Waals surface area (Å²) in [6, 6.07) is 17.7. The lowest BCUT2D eigenvalue weighted by Gasteiger charge is -2.25. The number of rotatable bonds is 15. The Balaban J connectivity index is 1.61. The molecular formula is C29H39N3O4. The van der Waals surface area contributed by atoms with Crippen LogP contribution in [-0.2, 0) is 11.3 Å². The summed E-state index contributed by atoms with van der Waals surface area (Å²) in [4.78, 5) is 2.32. The van der Waals surface area contributed by atoms with Crippen molar-refractivity contribution < 1.29 is 19.3 Å². The van der Waals surface area contributed by atoms with Crippen LogP contribution in [0.1, 0.15) is 43.9 Å². The molecule has 36 heavy (non-hydrogen) atoms. The fraction of sp³-hybridized carbons (Fsp3) is 0.483. The van der Waals surface area contributed by atoms with Crippen molar-refractivity contribution >= 4 is 0 Å². The normalized spacial score (nSPS) is 14.2. The Bertz CT molecular complexity index is 1080. The van der Waals surface area contributed by atoms with Crippen molar-refractivity contribution in [3.63, 3.8) is 0 Å². The molecule has 0 bridgehead atoms. The van der Waals surface area contributed by atoms with Crippen molar-refractivity contribution in [2.24, 2.45) is 5.92 Å². The van der Waals surface area contributed by atoms with Crippen molar-refractivity contribution in [3.8, 4) is 23.1 Å². The predicted molar refractivity (Wildman–Crippen MR) is 141 cm³/mol. The van der Waals surface area contributed by atoms with E-state index in [1.165, 1.54) is 12.8 Å². The van der Waals surface area contributed by atoms with E-state index in [9.17, 15) is 5.11 Å². The second-order valence-electron chi connectivity index (χ2n) is 9.59. The van der Waals surface area contributed by atoms with Gasteiger partial charge < -0.3 is 19.3 Å². The molecule has 1 aliphatic rings. The zero-order chi connectivity index (χ0) is 25.3. The topological polar surface area (TPSA) is 69.0 Å². The van der Waals surface area contributed by atoms with E-state index in [-0.39, 0.29) is 0 Å². The number of nitrogens with zero attached hydrogens (tertiary/aromatic N) is 3. The third kappa shape index (κ3) is 7.09. The van der Waals surface area contributed by atoms with Gasteiger partial charge in [-0.05, 0) is 56.4 Å². The molecule has 1 aliphatic carbocycles. The average molecular weight is 494 g/mol. The first-order valence-corrected chi connectivity index (χ1v) is 13.0. The molecule has 1 saturated carbocycles. The lowest BCUT2D eigenvalue weighted by Crippen LogP contribution is -2.36. The first kappa shape index (κ1) is 26.2. The minimum absolute atomic E-state index is 0.355. The minimum atomic E-state index is -0.538. The maximum Gasteiger partial charge on any atom is 0.227 e. The number of hydrogen-bond acceptors (Lipinski definition) is 6. The number of aromatic nitrogens is 2. The molecule has 7 heteroatoms. The van der Waals surface area contributed by atoms with Crippen LogP contribution >= 0.6 is 0 Å². The molecule has 0 amide bonds. The fourth-order valence-electron chi connectivity index (χ4n) is 4.29. The molecule has 1 atom stereocenters. The Kier molecular flexibility index (Phi) is 9.39. The van der Waals surface area contributed by atoms with Crippen molar-refractivity contribution in [3.05, 3.63) is 65.9 Å². The molecule has 4 rings (SSSR count). The number of unbranched alkanes of at least 4 members (excludes halogenated alkanes) is 1. The number of para-hydroxylation sites is 3. The van der Waals surface area contributed by atoms with Crippen molar-refractivity contribution in [2.45, 2.75) is 52.2 Å². The number of methoxy groups -OCH3 is 1. The van der Waals surface area contributed by atoms with Crippen molar-refractivity contribution in [1.82, 2.24) is 14.7 Å². The van der Waals surface area contributed by atoms with E-state index in [1.54, 1.807) is 7.11 Å².